The molecule has 1 atom stereocenters. The van der Waals surface area contributed by atoms with E-state index in [2.05, 4.69) is 21.2 Å². The molecule has 7 nitrogen and oxygen atoms in total. The van der Waals surface area contributed by atoms with Gasteiger partial charge in [0.05, 0.1) is 10.6 Å². The van der Waals surface area contributed by atoms with Crippen molar-refractivity contribution in [3.05, 3.63) is 93.4 Å². The van der Waals surface area contributed by atoms with Crippen molar-refractivity contribution >= 4 is 55.1 Å². The number of nitrogens with zero attached hydrogens (tertiary/aromatic N) is 2. The molecule has 0 aromatic heterocycles. The second-order valence-electron chi connectivity index (χ2n) is 10.6. The summed E-state index contributed by atoms with van der Waals surface area (Å²) < 4.78 is 29.7. The molecular weight excluding hydrogens is 614 g/mol. The topological polar surface area (TPSA) is 86.8 Å². The molecule has 1 N–H and O–H groups in total. The summed E-state index contributed by atoms with van der Waals surface area (Å²) >= 11 is 9.82. The van der Waals surface area contributed by atoms with E-state index in [1.54, 1.807) is 60.7 Å². The van der Waals surface area contributed by atoms with E-state index in [4.69, 9.17) is 11.6 Å². The summed E-state index contributed by atoms with van der Waals surface area (Å²) in [7, 11) is -4.13. The number of carbonyl (C=O) groups excluding carboxylic acids is 2. The van der Waals surface area contributed by atoms with Crippen LogP contribution in [0.15, 0.2) is 82.2 Å². The van der Waals surface area contributed by atoms with Crippen LogP contribution in [-0.2, 0) is 26.2 Å². The third-order valence-electron chi connectivity index (χ3n) is 6.19. The van der Waals surface area contributed by atoms with Gasteiger partial charge in [-0.15, -0.1) is 0 Å². The minimum absolute atomic E-state index is 0.0351. The highest BCUT2D eigenvalue weighted by molar-refractivity contribution is 9.10. The molecule has 3 aromatic carbocycles. The number of halogens is 2. The minimum atomic E-state index is -4.13. The zero-order valence-electron chi connectivity index (χ0n) is 23.3. The Labute approximate surface area is 250 Å². The lowest BCUT2D eigenvalue weighted by atomic mass is 10.1. The molecule has 0 aliphatic carbocycles. The van der Waals surface area contributed by atoms with Gasteiger partial charge in [0.2, 0.25) is 11.8 Å². The fourth-order valence-corrected chi connectivity index (χ4v) is 6.03. The fourth-order valence-electron chi connectivity index (χ4n) is 4.16. The Bertz CT molecular complexity index is 1440. The molecule has 0 bridgehead atoms. The molecule has 40 heavy (non-hydrogen) atoms. The number of amides is 2. The highest BCUT2D eigenvalue weighted by Crippen LogP contribution is 2.27. The van der Waals surface area contributed by atoms with Crippen molar-refractivity contribution in [2.24, 2.45) is 0 Å². The largest absolute Gasteiger partial charge is 0.350 e. The summed E-state index contributed by atoms with van der Waals surface area (Å²) in [5.74, 6) is -0.860. The van der Waals surface area contributed by atoms with Gasteiger partial charge in [0.25, 0.3) is 10.0 Å². The normalized spacial score (nSPS) is 12.5. The van der Waals surface area contributed by atoms with Crippen molar-refractivity contribution in [1.29, 1.82) is 0 Å². The molecule has 0 spiro atoms. The molecule has 0 heterocycles. The first-order chi connectivity index (χ1) is 18.7. The van der Waals surface area contributed by atoms with Crippen LogP contribution in [-0.4, -0.2) is 43.3 Å². The summed E-state index contributed by atoms with van der Waals surface area (Å²) in [6, 6.07) is 19.4. The first-order valence-corrected chi connectivity index (χ1v) is 15.5. The predicted octanol–water partition coefficient (Wildman–Crippen LogP) is 6.33. The molecule has 2 amide bonds. The Morgan fingerprint density at radius 3 is 2.12 bits per heavy atom. The Morgan fingerprint density at radius 2 is 1.57 bits per heavy atom. The van der Waals surface area contributed by atoms with Gasteiger partial charge in [0.1, 0.15) is 12.6 Å². The van der Waals surface area contributed by atoms with E-state index < -0.39 is 34.1 Å². The van der Waals surface area contributed by atoms with Gasteiger partial charge in [-0.1, -0.05) is 70.3 Å². The second kappa shape index (κ2) is 13.2. The average molecular weight is 649 g/mol. The molecule has 214 valence electrons. The second-order valence-corrected chi connectivity index (χ2v) is 13.8. The first-order valence-electron chi connectivity index (χ1n) is 12.9. The number of aryl methyl sites for hydroxylation is 1. The molecule has 0 unspecified atom stereocenters. The Balaban J connectivity index is 2.08. The van der Waals surface area contributed by atoms with Gasteiger partial charge < -0.3 is 10.2 Å². The van der Waals surface area contributed by atoms with Crippen molar-refractivity contribution in [3.8, 4) is 0 Å². The molecular formula is C30H35BrClN3O4S. The average Bonchev–Trinajstić information content (AvgIpc) is 2.88. The Hall–Kier alpha value is -2.88. The highest BCUT2D eigenvalue weighted by atomic mass is 79.9. The number of benzene rings is 3. The third kappa shape index (κ3) is 8.08. The van der Waals surface area contributed by atoms with Crippen LogP contribution in [0.2, 0.25) is 5.02 Å². The first kappa shape index (κ1) is 31.6. The third-order valence-corrected chi connectivity index (χ3v) is 8.87. The Morgan fingerprint density at radius 1 is 0.975 bits per heavy atom. The van der Waals surface area contributed by atoms with Crippen LogP contribution in [0.4, 0.5) is 5.69 Å². The monoisotopic (exact) mass is 647 g/mol. The van der Waals surface area contributed by atoms with Gasteiger partial charge in [0, 0.05) is 21.6 Å². The van der Waals surface area contributed by atoms with Crippen LogP contribution >= 0.6 is 27.5 Å². The maximum atomic E-state index is 14.1. The van der Waals surface area contributed by atoms with Crippen LogP contribution in [0.1, 0.15) is 45.2 Å². The van der Waals surface area contributed by atoms with Crippen LogP contribution in [0.5, 0.6) is 0 Å². The lowest BCUT2D eigenvalue weighted by molar-refractivity contribution is -0.141. The van der Waals surface area contributed by atoms with Gasteiger partial charge in [-0.25, -0.2) is 8.42 Å². The molecule has 0 radical (unpaired) electrons. The van der Waals surface area contributed by atoms with Gasteiger partial charge in [-0.3, -0.25) is 13.9 Å². The van der Waals surface area contributed by atoms with Gasteiger partial charge in [0.15, 0.2) is 0 Å². The lowest BCUT2D eigenvalue weighted by Gasteiger charge is -2.35. The number of hydrogen-bond acceptors (Lipinski definition) is 4. The van der Waals surface area contributed by atoms with Gasteiger partial charge in [-0.2, -0.15) is 0 Å². The number of hydrogen-bond donors (Lipinski definition) is 1. The Kier molecular flexibility index (Phi) is 10.4. The fraction of sp³-hybridized carbons (Fsp3) is 0.333. The van der Waals surface area contributed by atoms with E-state index in [1.807, 2.05) is 34.6 Å². The van der Waals surface area contributed by atoms with Crippen molar-refractivity contribution in [3.63, 3.8) is 0 Å². The zero-order valence-corrected chi connectivity index (χ0v) is 26.5. The highest BCUT2D eigenvalue weighted by Gasteiger charge is 2.34. The van der Waals surface area contributed by atoms with Crippen LogP contribution < -0.4 is 9.62 Å². The van der Waals surface area contributed by atoms with Crippen molar-refractivity contribution in [1.82, 2.24) is 10.2 Å². The number of anilines is 1. The zero-order chi connectivity index (χ0) is 29.7. The van der Waals surface area contributed by atoms with E-state index in [0.717, 1.165) is 14.3 Å². The van der Waals surface area contributed by atoms with E-state index in [9.17, 15) is 18.0 Å². The van der Waals surface area contributed by atoms with E-state index in [1.165, 1.54) is 17.0 Å². The number of rotatable bonds is 10. The molecule has 0 saturated heterocycles. The van der Waals surface area contributed by atoms with Gasteiger partial charge >= 0.3 is 0 Å². The molecule has 3 aromatic rings. The summed E-state index contributed by atoms with van der Waals surface area (Å²) in [5, 5.41) is 3.40. The maximum Gasteiger partial charge on any atom is 0.264 e. The van der Waals surface area contributed by atoms with E-state index in [-0.39, 0.29) is 17.3 Å². The summed E-state index contributed by atoms with van der Waals surface area (Å²) in [5.41, 5.74) is 1.35. The number of sulfonamides is 1. The SMILES string of the molecule is CC[C@@H](C(=O)NC(C)(C)C)N(Cc1ccccc1Cl)C(=O)CN(c1ccc(Br)cc1)S(=O)(=O)c1ccc(C)cc1. The van der Waals surface area contributed by atoms with Crippen molar-refractivity contribution in [2.75, 3.05) is 10.8 Å². The predicted molar refractivity (Wildman–Crippen MR) is 164 cm³/mol. The number of nitrogens with one attached hydrogen (secondary N) is 1. The molecule has 3 rings (SSSR count). The van der Waals surface area contributed by atoms with Crippen molar-refractivity contribution in [2.45, 2.75) is 64.1 Å². The van der Waals surface area contributed by atoms with Crippen LogP contribution in [0.25, 0.3) is 0 Å². The molecule has 0 fully saturated rings. The van der Waals surface area contributed by atoms with E-state index in [0.29, 0.717) is 22.7 Å². The quantitative estimate of drug-likeness (QED) is 0.279. The van der Waals surface area contributed by atoms with E-state index >= 15 is 0 Å². The molecule has 0 aliphatic heterocycles. The summed E-state index contributed by atoms with van der Waals surface area (Å²) in [4.78, 5) is 29.0. The standard InChI is InChI=1S/C30H35BrClN3O4S/c1-6-27(29(37)33-30(3,4)5)34(19-22-9-7-8-10-26(22)32)28(36)20-35(24-15-13-23(31)14-16-24)40(38,39)25-17-11-21(2)12-18-25/h7-18,27H,6,19-20H2,1-5H3,(H,33,37)/t27-/m0/s1. The smallest absolute Gasteiger partial charge is 0.264 e. The summed E-state index contributed by atoms with van der Waals surface area (Å²) in [6.07, 6.45) is 0.321. The van der Waals surface area contributed by atoms with Crippen LogP contribution in [0, 0.1) is 6.92 Å². The molecule has 10 heteroatoms. The molecule has 0 aliphatic rings. The summed E-state index contributed by atoms with van der Waals surface area (Å²) in [6.45, 7) is 8.79. The minimum Gasteiger partial charge on any atom is -0.350 e. The van der Waals surface area contributed by atoms with Gasteiger partial charge in [-0.05, 0) is 82.1 Å². The lowest BCUT2D eigenvalue weighted by Crippen LogP contribution is -2.55. The van der Waals surface area contributed by atoms with Crippen LogP contribution in [0.3, 0.4) is 0 Å². The number of carbonyl (C=O) groups is 2. The molecule has 0 saturated carbocycles. The van der Waals surface area contributed by atoms with Crippen molar-refractivity contribution < 1.29 is 18.0 Å². The maximum absolute atomic E-state index is 14.1.